The average Bonchev–Trinajstić information content (AvgIpc) is 2.31. The fourth-order valence-corrected chi connectivity index (χ4v) is 2.54. The van der Waals surface area contributed by atoms with E-state index < -0.39 is 5.54 Å². The molecular formula is C17H21NO. The minimum Gasteiger partial charge on any atom is -0.508 e. The summed E-state index contributed by atoms with van der Waals surface area (Å²) in [6.07, 6.45) is 0.700. The first-order chi connectivity index (χ1) is 8.88. The average molecular weight is 255 g/mol. The molecule has 3 N–H and O–H groups in total. The third-order valence-corrected chi connectivity index (χ3v) is 3.49. The zero-order valence-electron chi connectivity index (χ0n) is 11.8. The quantitative estimate of drug-likeness (QED) is 0.882. The maximum absolute atomic E-state index is 9.54. The van der Waals surface area contributed by atoms with Gasteiger partial charge in [-0.25, -0.2) is 0 Å². The molecule has 0 saturated heterocycles. The number of rotatable bonds is 3. The second kappa shape index (κ2) is 5.06. The number of phenols is 1. The van der Waals surface area contributed by atoms with Gasteiger partial charge in [-0.15, -0.1) is 0 Å². The fraction of sp³-hybridized carbons (Fsp3) is 0.294. The van der Waals surface area contributed by atoms with Crippen molar-refractivity contribution in [1.29, 1.82) is 0 Å². The first-order valence-corrected chi connectivity index (χ1v) is 6.53. The lowest BCUT2D eigenvalue weighted by atomic mass is 9.83. The van der Waals surface area contributed by atoms with Crippen LogP contribution in [0.4, 0.5) is 0 Å². The monoisotopic (exact) mass is 255 g/mol. The molecule has 0 fully saturated rings. The van der Waals surface area contributed by atoms with Gasteiger partial charge in [0.2, 0.25) is 0 Å². The van der Waals surface area contributed by atoms with Crippen LogP contribution in [0, 0.1) is 13.8 Å². The van der Waals surface area contributed by atoms with Crippen LogP contribution >= 0.6 is 0 Å². The van der Waals surface area contributed by atoms with E-state index in [0.717, 1.165) is 11.1 Å². The van der Waals surface area contributed by atoms with E-state index in [9.17, 15) is 5.11 Å². The minimum absolute atomic E-state index is 0.286. The van der Waals surface area contributed by atoms with Crippen molar-refractivity contribution in [3.05, 3.63) is 64.7 Å². The maximum atomic E-state index is 9.54. The van der Waals surface area contributed by atoms with Crippen LogP contribution in [0.5, 0.6) is 5.75 Å². The molecule has 0 spiro atoms. The summed E-state index contributed by atoms with van der Waals surface area (Å²) in [6.45, 7) is 6.20. The molecule has 0 amide bonds. The first-order valence-electron chi connectivity index (χ1n) is 6.53. The summed E-state index contributed by atoms with van der Waals surface area (Å²) in [5, 5.41) is 9.54. The van der Waals surface area contributed by atoms with Crippen molar-refractivity contribution < 1.29 is 5.11 Å². The smallest absolute Gasteiger partial charge is 0.115 e. The van der Waals surface area contributed by atoms with E-state index in [2.05, 4.69) is 32.0 Å². The van der Waals surface area contributed by atoms with E-state index in [0.29, 0.717) is 6.42 Å². The molecule has 100 valence electrons. The van der Waals surface area contributed by atoms with Gasteiger partial charge in [-0.1, -0.05) is 35.9 Å². The van der Waals surface area contributed by atoms with Gasteiger partial charge < -0.3 is 10.8 Å². The van der Waals surface area contributed by atoms with Crippen LogP contribution in [0.15, 0.2) is 42.5 Å². The predicted molar refractivity (Wildman–Crippen MR) is 79.3 cm³/mol. The van der Waals surface area contributed by atoms with E-state index in [-0.39, 0.29) is 5.75 Å². The summed E-state index contributed by atoms with van der Waals surface area (Å²) in [6, 6.07) is 13.7. The molecule has 0 bridgehead atoms. The van der Waals surface area contributed by atoms with Crippen molar-refractivity contribution in [3.63, 3.8) is 0 Å². The van der Waals surface area contributed by atoms with Crippen LogP contribution in [0.2, 0.25) is 0 Å². The highest BCUT2D eigenvalue weighted by Crippen LogP contribution is 2.27. The Kier molecular flexibility index (Phi) is 3.63. The number of hydrogen-bond acceptors (Lipinski definition) is 2. The summed E-state index contributed by atoms with van der Waals surface area (Å²) in [5.74, 6) is 0.286. The van der Waals surface area contributed by atoms with Crippen LogP contribution in [0.1, 0.15) is 29.2 Å². The molecule has 1 unspecified atom stereocenters. The number of aromatic hydroxyl groups is 1. The largest absolute Gasteiger partial charge is 0.508 e. The summed E-state index contributed by atoms with van der Waals surface area (Å²) in [7, 11) is 0. The maximum Gasteiger partial charge on any atom is 0.115 e. The van der Waals surface area contributed by atoms with E-state index in [4.69, 9.17) is 5.73 Å². The van der Waals surface area contributed by atoms with Crippen molar-refractivity contribution in [2.24, 2.45) is 5.73 Å². The number of benzene rings is 2. The molecule has 0 heterocycles. The van der Waals surface area contributed by atoms with Gasteiger partial charge >= 0.3 is 0 Å². The predicted octanol–water partition coefficient (Wildman–Crippen LogP) is 3.43. The van der Waals surface area contributed by atoms with Crippen molar-refractivity contribution in [1.82, 2.24) is 0 Å². The SMILES string of the molecule is Cc1ccc(C)c(C(C)(N)Cc2cccc(O)c2)c1. The molecular weight excluding hydrogens is 234 g/mol. The molecule has 2 aromatic carbocycles. The van der Waals surface area contributed by atoms with E-state index >= 15 is 0 Å². The highest BCUT2D eigenvalue weighted by Gasteiger charge is 2.23. The van der Waals surface area contributed by atoms with Crippen molar-refractivity contribution >= 4 is 0 Å². The Balaban J connectivity index is 2.34. The third kappa shape index (κ3) is 3.15. The molecule has 1 atom stereocenters. The van der Waals surface area contributed by atoms with Crippen molar-refractivity contribution in [3.8, 4) is 5.75 Å². The van der Waals surface area contributed by atoms with Gasteiger partial charge in [0.1, 0.15) is 5.75 Å². The van der Waals surface area contributed by atoms with Crippen LogP contribution in [-0.4, -0.2) is 5.11 Å². The molecule has 0 saturated carbocycles. The van der Waals surface area contributed by atoms with Gasteiger partial charge in [-0.05, 0) is 56.0 Å². The molecule has 2 nitrogen and oxygen atoms in total. The van der Waals surface area contributed by atoms with Crippen LogP contribution in [0.3, 0.4) is 0 Å². The van der Waals surface area contributed by atoms with E-state index in [1.54, 1.807) is 12.1 Å². The number of phenolic OH excluding ortho intramolecular Hbond substituents is 1. The Morgan fingerprint density at radius 3 is 2.53 bits per heavy atom. The van der Waals surface area contributed by atoms with E-state index in [1.807, 2.05) is 19.1 Å². The van der Waals surface area contributed by atoms with Gasteiger partial charge in [0.25, 0.3) is 0 Å². The van der Waals surface area contributed by atoms with Gasteiger partial charge in [0.15, 0.2) is 0 Å². The Morgan fingerprint density at radius 1 is 1.11 bits per heavy atom. The van der Waals surface area contributed by atoms with Crippen LogP contribution < -0.4 is 5.73 Å². The van der Waals surface area contributed by atoms with Gasteiger partial charge in [-0.3, -0.25) is 0 Å². The van der Waals surface area contributed by atoms with Crippen LogP contribution in [-0.2, 0) is 12.0 Å². The Morgan fingerprint density at radius 2 is 1.84 bits per heavy atom. The summed E-state index contributed by atoms with van der Waals surface area (Å²) >= 11 is 0. The highest BCUT2D eigenvalue weighted by molar-refractivity contribution is 5.38. The Labute approximate surface area is 114 Å². The minimum atomic E-state index is -0.441. The summed E-state index contributed by atoms with van der Waals surface area (Å²) in [4.78, 5) is 0. The van der Waals surface area contributed by atoms with Gasteiger partial charge in [0, 0.05) is 5.54 Å². The molecule has 2 heteroatoms. The standard InChI is InChI=1S/C17H21NO/c1-12-7-8-13(2)16(9-12)17(3,18)11-14-5-4-6-15(19)10-14/h4-10,19H,11,18H2,1-3H3. The molecule has 2 rings (SSSR count). The Bertz CT molecular complexity index is 588. The van der Waals surface area contributed by atoms with Crippen molar-refractivity contribution in [2.75, 3.05) is 0 Å². The first kappa shape index (κ1) is 13.6. The molecule has 19 heavy (non-hydrogen) atoms. The van der Waals surface area contributed by atoms with Crippen LogP contribution in [0.25, 0.3) is 0 Å². The van der Waals surface area contributed by atoms with Crippen molar-refractivity contribution in [2.45, 2.75) is 32.7 Å². The molecule has 2 aromatic rings. The molecule has 0 aliphatic rings. The lowest BCUT2D eigenvalue weighted by Crippen LogP contribution is -2.36. The zero-order chi connectivity index (χ0) is 14.0. The highest BCUT2D eigenvalue weighted by atomic mass is 16.3. The Hall–Kier alpha value is -1.80. The topological polar surface area (TPSA) is 46.2 Å². The second-order valence-corrected chi connectivity index (χ2v) is 5.58. The third-order valence-electron chi connectivity index (χ3n) is 3.49. The molecule has 0 aliphatic heterocycles. The normalized spacial score (nSPS) is 14.1. The number of hydrogen-bond donors (Lipinski definition) is 2. The summed E-state index contributed by atoms with van der Waals surface area (Å²) in [5.41, 5.74) is 10.7. The van der Waals surface area contributed by atoms with Gasteiger partial charge in [-0.2, -0.15) is 0 Å². The lowest BCUT2D eigenvalue weighted by Gasteiger charge is -2.28. The molecule has 0 aromatic heterocycles. The van der Waals surface area contributed by atoms with Gasteiger partial charge in [0.05, 0.1) is 0 Å². The summed E-state index contributed by atoms with van der Waals surface area (Å²) < 4.78 is 0. The molecule has 0 radical (unpaired) electrons. The lowest BCUT2D eigenvalue weighted by molar-refractivity contribution is 0.467. The van der Waals surface area contributed by atoms with E-state index in [1.165, 1.54) is 11.1 Å². The molecule has 0 aliphatic carbocycles. The second-order valence-electron chi connectivity index (χ2n) is 5.58. The fourth-order valence-electron chi connectivity index (χ4n) is 2.54. The number of nitrogens with two attached hydrogens (primary N) is 1. The number of aryl methyl sites for hydroxylation is 2. The zero-order valence-corrected chi connectivity index (χ0v) is 11.8.